The van der Waals surface area contributed by atoms with Gasteiger partial charge in [0, 0.05) is 5.56 Å². The summed E-state index contributed by atoms with van der Waals surface area (Å²) in [6.07, 6.45) is 2.94. The van der Waals surface area contributed by atoms with Crippen molar-refractivity contribution >= 4 is 5.91 Å². The van der Waals surface area contributed by atoms with Crippen LogP contribution in [-0.4, -0.2) is 40.1 Å². The first kappa shape index (κ1) is 14.5. The maximum Gasteiger partial charge on any atom is 0.257 e. The Hall–Kier alpha value is -3.09. The number of aryl methyl sites for hydroxylation is 1. The average Bonchev–Trinajstić information content (AvgIpc) is 3.22. The number of benzene rings is 1. The average molecular weight is 325 g/mol. The molecule has 0 spiro atoms. The number of likely N-dealkylation sites (tertiary alicyclic amines) is 1. The van der Waals surface area contributed by atoms with Crippen molar-refractivity contribution in [1.29, 1.82) is 0 Å². The van der Waals surface area contributed by atoms with Crippen molar-refractivity contribution in [3.05, 3.63) is 54.2 Å². The Labute approximate surface area is 137 Å². The van der Waals surface area contributed by atoms with Crippen LogP contribution in [0.25, 0.3) is 11.5 Å². The highest BCUT2D eigenvalue weighted by Crippen LogP contribution is 2.24. The highest BCUT2D eigenvalue weighted by atomic mass is 16.5. The molecule has 4 rings (SSSR count). The fourth-order valence-electron chi connectivity index (χ4n) is 2.53. The van der Waals surface area contributed by atoms with Gasteiger partial charge in [0.15, 0.2) is 5.82 Å². The smallest absolute Gasteiger partial charge is 0.257 e. The van der Waals surface area contributed by atoms with Crippen LogP contribution in [0.2, 0.25) is 0 Å². The summed E-state index contributed by atoms with van der Waals surface area (Å²) in [7, 11) is 0. The van der Waals surface area contributed by atoms with Crippen LogP contribution in [0.15, 0.2) is 51.8 Å². The van der Waals surface area contributed by atoms with E-state index < -0.39 is 0 Å². The molecule has 1 aromatic carbocycles. The number of furan rings is 1. The van der Waals surface area contributed by atoms with Gasteiger partial charge >= 0.3 is 0 Å². The Balaban J connectivity index is 1.33. The van der Waals surface area contributed by atoms with Gasteiger partial charge in [-0.25, -0.2) is 0 Å². The number of rotatable bonds is 4. The predicted octanol–water partition coefficient (Wildman–Crippen LogP) is 2.54. The number of aromatic nitrogens is 2. The molecule has 0 radical (unpaired) electrons. The molecule has 3 heterocycles. The number of ether oxygens (including phenoxy) is 1. The minimum absolute atomic E-state index is 0.00245. The molecule has 0 atom stereocenters. The van der Waals surface area contributed by atoms with Gasteiger partial charge in [-0.2, -0.15) is 4.98 Å². The van der Waals surface area contributed by atoms with Crippen LogP contribution in [0, 0.1) is 6.92 Å². The summed E-state index contributed by atoms with van der Waals surface area (Å²) in [6.45, 7) is 2.90. The Morgan fingerprint density at radius 2 is 2.04 bits per heavy atom. The minimum Gasteiger partial charge on any atom is -0.487 e. The number of hydrogen-bond acceptors (Lipinski definition) is 6. The molecular weight excluding hydrogens is 310 g/mol. The van der Waals surface area contributed by atoms with Gasteiger partial charge in [0.1, 0.15) is 18.1 Å². The Kier molecular flexibility index (Phi) is 3.53. The standard InChI is InChI=1S/C17H15N3O4/c1-11-18-16(24-19-11)12-2-4-14(5-3-12)23-15-8-20(9-15)17(21)13-6-7-22-10-13/h2-7,10,15H,8-9H2,1H3. The number of carbonyl (C=O) groups is 1. The lowest BCUT2D eigenvalue weighted by Crippen LogP contribution is -2.56. The second-order valence-electron chi connectivity index (χ2n) is 5.63. The molecule has 1 fully saturated rings. The number of nitrogens with zero attached hydrogens (tertiary/aromatic N) is 3. The van der Waals surface area contributed by atoms with Crippen LogP contribution in [0.5, 0.6) is 5.75 Å². The molecule has 122 valence electrons. The molecule has 0 aliphatic carbocycles. The molecule has 0 unspecified atom stereocenters. The predicted molar refractivity (Wildman–Crippen MR) is 83.5 cm³/mol. The highest BCUT2D eigenvalue weighted by molar-refractivity contribution is 5.94. The normalized spacial score (nSPS) is 14.5. The van der Waals surface area contributed by atoms with Gasteiger partial charge in [0.05, 0.1) is 24.9 Å². The third kappa shape index (κ3) is 2.76. The van der Waals surface area contributed by atoms with E-state index in [0.29, 0.717) is 30.4 Å². The van der Waals surface area contributed by atoms with Crippen molar-refractivity contribution in [2.24, 2.45) is 0 Å². The lowest BCUT2D eigenvalue weighted by molar-refractivity contribution is 0.0177. The zero-order valence-corrected chi connectivity index (χ0v) is 13.0. The third-order valence-corrected chi connectivity index (χ3v) is 3.83. The molecular formula is C17H15N3O4. The van der Waals surface area contributed by atoms with Crippen LogP contribution in [-0.2, 0) is 0 Å². The summed E-state index contributed by atoms with van der Waals surface area (Å²) in [4.78, 5) is 18.0. The molecule has 1 aliphatic rings. The Morgan fingerprint density at radius 3 is 2.67 bits per heavy atom. The maximum atomic E-state index is 12.1. The van der Waals surface area contributed by atoms with Crippen LogP contribution in [0.3, 0.4) is 0 Å². The summed E-state index contributed by atoms with van der Waals surface area (Å²) in [6, 6.07) is 9.12. The Bertz CT molecular complexity index is 833. The SMILES string of the molecule is Cc1noc(-c2ccc(OC3CN(C(=O)c4ccoc4)C3)cc2)n1. The first-order valence-corrected chi connectivity index (χ1v) is 7.58. The van der Waals surface area contributed by atoms with Gasteiger partial charge in [-0.05, 0) is 37.3 Å². The van der Waals surface area contributed by atoms with E-state index in [4.69, 9.17) is 13.7 Å². The van der Waals surface area contributed by atoms with E-state index in [1.807, 2.05) is 24.3 Å². The monoisotopic (exact) mass is 325 g/mol. The minimum atomic E-state index is -0.0364. The fourth-order valence-corrected chi connectivity index (χ4v) is 2.53. The van der Waals surface area contributed by atoms with Gasteiger partial charge < -0.3 is 18.6 Å². The zero-order valence-electron chi connectivity index (χ0n) is 13.0. The van der Waals surface area contributed by atoms with Gasteiger partial charge in [-0.3, -0.25) is 4.79 Å². The molecule has 0 saturated carbocycles. The molecule has 0 N–H and O–H groups in total. The molecule has 1 amide bonds. The van der Waals surface area contributed by atoms with Crippen molar-refractivity contribution in [1.82, 2.24) is 15.0 Å². The number of carbonyl (C=O) groups excluding carboxylic acids is 1. The topological polar surface area (TPSA) is 81.6 Å². The summed E-state index contributed by atoms with van der Waals surface area (Å²) < 4.78 is 15.9. The molecule has 7 nitrogen and oxygen atoms in total. The van der Waals surface area contributed by atoms with Gasteiger partial charge in [-0.1, -0.05) is 5.16 Å². The van der Waals surface area contributed by atoms with Crippen molar-refractivity contribution in [2.45, 2.75) is 13.0 Å². The quantitative estimate of drug-likeness (QED) is 0.733. The number of amides is 1. The lowest BCUT2D eigenvalue weighted by atomic mass is 10.1. The summed E-state index contributed by atoms with van der Waals surface area (Å²) in [5.74, 6) is 1.79. The van der Waals surface area contributed by atoms with E-state index in [-0.39, 0.29) is 12.0 Å². The zero-order chi connectivity index (χ0) is 16.5. The van der Waals surface area contributed by atoms with Gasteiger partial charge in [-0.15, -0.1) is 0 Å². The van der Waals surface area contributed by atoms with Gasteiger partial charge in [0.25, 0.3) is 11.8 Å². The molecule has 1 aliphatic heterocycles. The van der Waals surface area contributed by atoms with Crippen LogP contribution in [0.4, 0.5) is 0 Å². The first-order valence-electron chi connectivity index (χ1n) is 7.58. The van der Waals surface area contributed by atoms with E-state index in [0.717, 1.165) is 11.3 Å². The molecule has 7 heteroatoms. The van der Waals surface area contributed by atoms with E-state index in [2.05, 4.69) is 10.1 Å². The van der Waals surface area contributed by atoms with Crippen molar-refractivity contribution in [3.8, 4) is 17.2 Å². The molecule has 3 aromatic rings. The summed E-state index contributed by atoms with van der Waals surface area (Å²) >= 11 is 0. The van der Waals surface area contributed by atoms with E-state index in [1.165, 1.54) is 12.5 Å². The van der Waals surface area contributed by atoms with Crippen LogP contribution >= 0.6 is 0 Å². The molecule has 0 bridgehead atoms. The summed E-state index contributed by atoms with van der Waals surface area (Å²) in [5.41, 5.74) is 1.40. The van der Waals surface area contributed by atoms with Crippen LogP contribution in [0.1, 0.15) is 16.2 Å². The molecule has 1 saturated heterocycles. The second-order valence-corrected chi connectivity index (χ2v) is 5.63. The van der Waals surface area contributed by atoms with E-state index in [9.17, 15) is 4.79 Å². The fraction of sp³-hybridized carbons (Fsp3) is 0.235. The third-order valence-electron chi connectivity index (χ3n) is 3.83. The maximum absolute atomic E-state index is 12.1. The summed E-state index contributed by atoms with van der Waals surface area (Å²) in [5, 5.41) is 3.77. The van der Waals surface area contributed by atoms with Crippen molar-refractivity contribution in [3.63, 3.8) is 0 Å². The lowest BCUT2D eigenvalue weighted by Gasteiger charge is -2.38. The Morgan fingerprint density at radius 1 is 1.25 bits per heavy atom. The van der Waals surface area contributed by atoms with Crippen molar-refractivity contribution in [2.75, 3.05) is 13.1 Å². The van der Waals surface area contributed by atoms with Gasteiger partial charge in [0.2, 0.25) is 0 Å². The van der Waals surface area contributed by atoms with E-state index in [1.54, 1.807) is 17.9 Å². The number of hydrogen-bond donors (Lipinski definition) is 0. The molecule has 24 heavy (non-hydrogen) atoms. The molecule has 2 aromatic heterocycles. The van der Waals surface area contributed by atoms with Crippen LogP contribution < -0.4 is 4.74 Å². The largest absolute Gasteiger partial charge is 0.487 e. The van der Waals surface area contributed by atoms with Crippen molar-refractivity contribution < 1.29 is 18.5 Å². The van der Waals surface area contributed by atoms with E-state index >= 15 is 0 Å². The highest BCUT2D eigenvalue weighted by Gasteiger charge is 2.33. The first-order chi connectivity index (χ1) is 11.7. The second kappa shape index (κ2) is 5.84.